The summed E-state index contributed by atoms with van der Waals surface area (Å²) in [6, 6.07) is 4.56. The van der Waals surface area contributed by atoms with Crippen LogP contribution in [0.4, 0.5) is 0 Å². The molecule has 3 heteroatoms. The number of hydrogen-bond acceptors (Lipinski definition) is 3. The fourth-order valence-electron chi connectivity index (χ4n) is 3.56. The highest BCUT2D eigenvalue weighted by Crippen LogP contribution is 2.30. The van der Waals surface area contributed by atoms with Crippen LogP contribution < -0.4 is 5.32 Å². The summed E-state index contributed by atoms with van der Waals surface area (Å²) in [6.45, 7) is 14.0. The van der Waals surface area contributed by atoms with E-state index in [4.69, 9.17) is 4.98 Å². The van der Waals surface area contributed by atoms with Crippen molar-refractivity contribution in [2.45, 2.75) is 47.2 Å². The molecule has 118 valence electrons. The minimum atomic E-state index is 0.943. The topological polar surface area (TPSA) is 28.2 Å². The van der Waals surface area contributed by atoms with Crippen molar-refractivity contribution >= 4 is 10.9 Å². The van der Waals surface area contributed by atoms with Gasteiger partial charge in [0.05, 0.1) is 5.52 Å². The lowest BCUT2D eigenvalue weighted by Crippen LogP contribution is -2.32. The van der Waals surface area contributed by atoms with Crippen molar-refractivity contribution in [1.29, 1.82) is 0 Å². The van der Waals surface area contributed by atoms with E-state index in [1.165, 1.54) is 38.9 Å². The van der Waals surface area contributed by atoms with E-state index in [1.54, 1.807) is 0 Å². The van der Waals surface area contributed by atoms with E-state index >= 15 is 0 Å². The van der Waals surface area contributed by atoms with Crippen LogP contribution in [0.1, 0.15) is 41.8 Å². The van der Waals surface area contributed by atoms with Crippen LogP contribution in [0.5, 0.6) is 0 Å². The van der Waals surface area contributed by atoms with E-state index in [-0.39, 0.29) is 0 Å². The van der Waals surface area contributed by atoms with Gasteiger partial charge in [-0.25, -0.2) is 0 Å². The first-order valence-electron chi connectivity index (χ1n) is 8.48. The molecule has 22 heavy (non-hydrogen) atoms. The Morgan fingerprint density at radius 1 is 1.23 bits per heavy atom. The molecule has 1 aliphatic heterocycles. The first-order valence-corrected chi connectivity index (χ1v) is 8.48. The highest BCUT2D eigenvalue weighted by Gasteiger charge is 2.22. The molecular formula is C19H27N3. The minimum absolute atomic E-state index is 0.943. The van der Waals surface area contributed by atoms with Gasteiger partial charge in [-0.3, -0.25) is 9.88 Å². The molecule has 0 saturated heterocycles. The first-order chi connectivity index (χ1) is 10.6. The number of nitrogens with one attached hydrogen (secondary N) is 1. The summed E-state index contributed by atoms with van der Waals surface area (Å²) in [7, 11) is 0. The average Bonchev–Trinajstić information content (AvgIpc) is 2.51. The Bertz CT molecular complexity index is 691. The molecule has 1 aliphatic rings. The summed E-state index contributed by atoms with van der Waals surface area (Å²) in [4.78, 5) is 7.56. The molecule has 0 fully saturated rings. The largest absolute Gasteiger partial charge is 0.313 e. The monoisotopic (exact) mass is 297 g/mol. The zero-order valence-corrected chi connectivity index (χ0v) is 14.3. The molecule has 0 aliphatic carbocycles. The van der Waals surface area contributed by atoms with Crippen LogP contribution in [-0.2, 0) is 19.5 Å². The van der Waals surface area contributed by atoms with Gasteiger partial charge in [0.1, 0.15) is 0 Å². The third-order valence-electron chi connectivity index (χ3n) is 4.77. The Hall–Kier alpha value is -1.45. The van der Waals surface area contributed by atoms with Crippen molar-refractivity contribution < 1.29 is 0 Å². The Labute approximate surface area is 133 Å². The van der Waals surface area contributed by atoms with Gasteiger partial charge in [0, 0.05) is 37.1 Å². The van der Waals surface area contributed by atoms with Gasteiger partial charge in [-0.05, 0) is 49.7 Å². The lowest BCUT2D eigenvalue weighted by Gasteiger charge is -2.30. The Morgan fingerprint density at radius 3 is 2.77 bits per heavy atom. The molecule has 0 atom stereocenters. The van der Waals surface area contributed by atoms with Crippen molar-refractivity contribution in [3.63, 3.8) is 0 Å². The summed E-state index contributed by atoms with van der Waals surface area (Å²) >= 11 is 0. The first kappa shape index (κ1) is 15.4. The average molecular weight is 297 g/mol. The Kier molecular flexibility index (Phi) is 4.46. The van der Waals surface area contributed by atoms with Gasteiger partial charge in [0.25, 0.3) is 0 Å². The molecule has 0 bridgehead atoms. The molecule has 2 heterocycles. The third-order valence-corrected chi connectivity index (χ3v) is 4.77. The SMILES string of the molecule is CCNCc1c2c(nc3c(C)cc(C)cc13)CCN(CC)C2. The maximum atomic E-state index is 5.04. The number of hydrogen-bond donors (Lipinski definition) is 1. The third kappa shape index (κ3) is 2.75. The molecule has 1 aromatic heterocycles. The van der Waals surface area contributed by atoms with Gasteiger partial charge in [0.2, 0.25) is 0 Å². The predicted octanol–water partition coefficient (Wildman–Crippen LogP) is 3.34. The number of rotatable bonds is 4. The number of aryl methyl sites for hydroxylation is 2. The lowest BCUT2D eigenvalue weighted by molar-refractivity contribution is 0.265. The van der Waals surface area contributed by atoms with Crippen LogP contribution in [0.15, 0.2) is 12.1 Å². The van der Waals surface area contributed by atoms with E-state index in [2.05, 4.69) is 50.0 Å². The molecule has 3 nitrogen and oxygen atoms in total. The lowest BCUT2D eigenvalue weighted by atomic mass is 9.93. The highest BCUT2D eigenvalue weighted by atomic mass is 15.1. The van der Waals surface area contributed by atoms with Crippen molar-refractivity contribution in [2.75, 3.05) is 19.6 Å². The summed E-state index contributed by atoms with van der Waals surface area (Å²) in [5, 5.41) is 4.88. The number of aromatic nitrogens is 1. The van der Waals surface area contributed by atoms with Crippen LogP contribution >= 0.6 is 0 Å². The van der Waals surface area contributed by atoms with E-state index in [0.29, 0.717) is 0 Å². The van der Waals surface area contributed by atoms with Gasteiger partial charge >= 0.3 is 0 Å². The van der Waals surface area contributed by atoms with Crippen LogP contribution in [0.2, 0.25) is 0 Å². The van der Waals surface area contributed by atoms with Gasteiger partial charge in [0.15, 0.2) is 0 Å². The standard InChI is InChI=1S/C19H27N3/c1-5-20-11-16-15-10-13(3)9-14(4)19(15)21-18-7-8-22(6-2)12-17(16)18/h9-10,20H,5-8,11-12H2,1-4H3. The fraction of sp³-hybridized carbons (Fsp3) is 0.526. The van der Waals surface area contributed by atoms with Crippen molar-refractivity contribution in [3.8, 4) is 0 Å². The number of benzene rings is 1. The maximum absolute atomic E-state index is 5.04. The molecule has 0 spiro atoms. The summed E-state index contributed by atoms with van der Waals surface area (Å²) in [6.07, 6.45) is 1.07. The van der Waals surface area contributed by atoms with Crippen LogP contribution in [0, 0.1) is 13.8 Å². The quantitative estimate of drug-likeness (QED) is 0.938. The molecule has 0 saturated carbocycles. The second-order valence-corrected chi connectivity index (χ2v) is 6.39. The fourth-order valence-corrected chi connectivity index (χ4v) is 3.56. The number of nitrogens with zero attached hydrogens (tertiary/aromatic N) is 2. The van der Waals surface area contributed by atoms with Crippen molar-refractivity contribution in [1.82, 2.24) is 15.2 Å². The zero-order chi connectivity index (χ0) is 15.7. The molecular weight excluding hydrogens is 270 g/mol. The molecule has 0 radical (unpaired) electrons. The van der Waals surface area contributed by atoms with E-state index in [0.717, 1.165) is 39.1 Å². The molecule has 1 aromatic carbocycles. The zero-order valence-electron chi connectivity index (χ0n) is 14.3. The molecule has 2 aromatic rings. The minimum Gasteiger partial charge on any atom is -0.313 e. The van der Waals surface area contributed by atoms with E-state index < -0.39 is 0 Å². The second-order valence-electron chi connectivity index (χ2n) is 6.39. The van der Waals surface area contributed by atoms with Gasteiger partial charge in [-0.2, -0.15) is 0 Å². The number of likely N-dealkylation sites (N-methyl/N-ethyl adjacent to an activating group) is 1. The van der Waals surface area contributed by atoms with E-state index in [9.17, 15) is 0 Å². The number of fused-ring (bicyclic) bond motifs is 2. The highest BCUT2D eigenvalue weighted by molar-refractivity contribution is 5.87. The normalized spacial score (nSPS) is 15.3. The summed E-state index contributed by atoms with van der Waals surface area (Å²) in [5.74, 6) is 0. The predicted molar refractivity (Wildman–Crippen MR) is 93.3 cm³/mol. The Morgan fingerprint density at radius 2 is 2.05 bits per heavy atom. The number of pyridine rings is 1. The Balaban J connectivity index is 2.22. The van der Waals surface area contributed by atoms with Gasteiger partial charge < -0.3 is 5.32 Å². The van der Waals surface area contributed by atoms with Crippen LogP contribution in [0.25, 0.3) is 10.9 Å². The maximum Gasteiger partial charge on any atom is 0.0738 e. The van der Waals surface area contributed by atoms with Crippen molar-refractivity contribution in [2.24, 2.45) is 0 Å². The summed E-state index contributed by atoms with van der Waals surface area (Å²) < 4.78 is 0. The van der Waals surface area contributed by atoms with Gasteiger partial charge in [-0.1, -0.05) is 25.5 Å². The van der Waals surface area contributed by atoms with Crippen LogP contribution in [0.3, 0.4) is 0 Å². The second kappa shape index (κ2) is 6.35. The van der Waals surface area contributed by atoms with Crippen LogP contribution in [-0.4, -0.2) is 29.5 Å². The smallest absolute Gasteiger partial charge is 0.0738 e. The molecule has 0 unspecified atom stereocenters. The summed E-state index contributed by atoms with van der Waals surface area (Å²) in [5.41, 5.74) is 8.07. The molecule has 0 amide bonds. The van der Waals surface area contributed by atoms with Gasteiger partial charge in [-0.15, -0.1) is 0 Å². The van der Waals surface area contributed by atoms with Crippen molar-refractivity contribution in [3.05, 3.63) is 40.1 Å². The molecule has 3 rings (SSSR count). The molecule has 1 N–H and O–H groups in total. The van der Waals surface area contributed by atoms with E-state index in [1.807, 2.05) is 0 Å².